The highest BCUT2D eigenvalue weighted by Crippen LogP contribution is 2.35. The fourth-order valence-electron chi connectivity index (χ4n) is 3.08. The molecule has 0 aliphatic carbocycles. The molecule has 0 saturated heterocycles. The monoisotopic (exact) mass is 390 g/mol. The number of aryl methyl sites for hydroxylation is 2. The molecule has 0 saturated carbocycles. The zero-order chi connectivity index (χ0) is 19.6. The number of rotatable bonds is 4. The van der Waals surface area contributed by atoms with Gasteiger partial charge in [0, 0.05) is 18.4 Å². The van der Waals surface area contributed by atoms with Gasteiger partial charge in [-0.2, -0.15) is 13.2 Å². The maximum absolute atomic E-state index is 12.7. The summed E-state index contributed by atoms with van der Waals surface area (Å²) in [5.74, 6) is 0.761. The van der Waals surface area contributed by atoms with E-state index in [0.717, 1.165) is 46.2 Å². The summed E-state index contributed by atoms with van der Waals surface area (Å²) in [6, 6.07) is 9.48. The Bertz CT molecular complexity index is 884. The van der Waals surface area contributed by atoms with Crippen LogP contribution in [0, 0.1) is 13.8 Å². The van der Waals surface area contributed by atoms with Crippen molar-refractivity contribution in [1.82, 2.24) is 0 Å². The van der Waals surface area contributed by atoms with E-state index in [9.17, 15) is 13.2 Å². The highest BCUT2D eigenvalue weighted by molar-refractivity contribution is 8.14. The van der Waals surface area contributed by atoms with Crippen LogP contribution < -0.4 is 0 Å². The predicted octanol–water partition coefficient (Wildman–Crippen LogP) is 6.47. The largest absolute Gasteiger partial charge is 0.416 e. The zero-order valence-corrected chi connectivity index (χ0v) is 16.3. The first kappa shape index (κ1) is 19.7. The summed E-state index contributed by atoms with van der Waals surface area (Å²) < 4.78 is 38.1. The average molecular weight is 390 g/mol. The molecule has 0 N–H and O–H groups in total. The van der Waals surface area contributed by atoms with Crippen LogP contribution in [0.15, 0.2) is 46.4 Å². The summed E-state index contributed by atoms with van der Waals surface area (Å²) in [5.41, 5.74) is 4.68. The van der Waals surface area contributed by atoms with Gasteiger partial charge in [0.1, 0.15) is 0 Å². The fourth-order valence-corrected chi connectivity index (χ4v) is 4.15. The summed E-state index contributed by atoms with van der Waals surface area (Å²) in [5, 5.41) is 1.02. The van der Waals surface area contributed by atoms with E-state index >= 15 is 0 Å². The predicted molar refractivity (Wildman–Crippen MR) is 108 cm³/mol. The molecule has 142 valence electrons. The second kappa shape index (κ2) is 7.89. The van der Waals surface area contributed by atoms with Gasteiger partial charge < -0.3 is 0 Å². The first-order valence-electron chi connectivity index (χ1n) is 8.73. The average Bonchev–Trinajstić information content (AvgIpc) is 3.07. The number of alkyl halides is 3. The lowest BCUT2D eigenvalue weighted by atomic mass is 10.0. The minimum Gasteiger partial charge on any atom is -0.274 e. The van der Waals surface area contributed by atoms with E-state index in [1.54, 1.807) is 18.0 Å². The van der Waals surface area contributed by atoms with Crippen LogP contribution in [-0.2, 0) is 12.6 Å². The maximum atomic E-state index is 12.7. The molecule has 0 spiro atoms. The molecule has 2 nitrogen and oxygen atoms in total. The first-order chi connectivity index (χ1) is 12.8. The first-order valence-corrected chi connectivity index (χ1v) is 9.72. The molecule has 6 heteroatoms. The zero-order valence-electron chi connectivity index (χ0n) is 15.5. The van der Waals surface area contributed by atoms with Crippen molar-refractivity contribution in [1.29, 1.82) is 0 Å². The van der Waals surface area contributed by atoms with Crippen molar-refractivity contribution in [3.63, 3.8) is 0 Å². The molecule has 2 aromatic carbocycles. The number of hydrogen-bond acceptors (Lipinski definition) is 3. The van der Waals surface area contributed by atoms with Gasteiger partial charge in [-0.25, -0.2) is 0 Å². The molecule has 0 radical (unpaired) electrons. The smallest absolute Gasteiger partial charge is 0.274 e. The lowest BCUT2D eigenvalue weighted by Crippen LogP contribution is -2.05. The van der Waals surface area contributed by atoms with Crippen LogP contribution in [0.5, 0.6) is 0 Å². The molecular formula is C21H21F3N2S. The third-order valence-corrected chi connectivity index (χ3v) is 5.66. The van der Waals surface area contributed by atoms with E-state index in [2.05, 4.69) is 24.0 Å². The molecule has 0 amide bonds. The fraction of sp³-hybridized carbons (Fsp3) is 0.333. The molecule has 1 atom stereocenters. The molecule has 3 rings (SSSR count). The van der Waals surface area contributed by atoms with E-state index < -0.39 is 11.7 Å². The lowest BCUT2D eigenvalue weighted by molar-refractivity contribution is -0.137. The van der Waals surface area contributed by atoms with Gasteiger partial charge in [-0.15, -0.1) is 11.8 Å². The van der Waals surface area contributed by atoms with Crippen LogP contribution in [0.4, 0.5) is 18.9 Å². The summed E-state index contributed by atoms with van der Waals surface area (Å²) in [6.07, 6.45) is -1.78. The topological polar surface area (TPSA) is 24.7 Å². The molecule has 2 aromatic rings. The van der Waals surface area contributed by atoms with Crippen molar-refractivity contribution in [2.45, 2.75) is 39.4 Å². The maximum Gasteiger partial charge on any atom is 0.416 e. The SMILES string of the molecule is CC=Nc1cc(C)c(CC2=NC(c3ccc(C(F)(F)F)cc3)CS2)cc1C. The quantitative estimate of drug-likeness (QED) is 0.549. The Balaban J connectivity index is 1.76. The molecule has 27 heavy (non-hydrogen) atoms. The molecular weight excluding hydrogens is 369 g/mol. The van der Waals surface area contributed by atoms with Crippen molar-refractivity contribution in [3.05, 3.63) is 64.2 Å². The number of nitrogens with zero attached hydrogens (tertiary/aromatic N) is 2. The Morgan fingerprint density at radius 1 is 1.15 bits per heavy atom. The van der Waals surface area contributed by atoms with Crippen LogP contribution >= 0.6 is 11.8 Å². The van der Waals surface area contributed by atoms with Crippen LogP contribution in [0.2, 0.25) is 0 Å². The third-order valence-electron chi connectivity index (χ3n) is 4.59. The number of halogens is 3. The van der Waals surface area contributed by atoms with E-state index in [-0.39, 0.29) is 6.04 Å². The summed E-state index contributed by atoms with van der Waals surface area (Å²) in [7, 11) is 0. The molecule has 0 fully saturated rings. The van der Waals surface area contributed by atoms with Gasteiger partial charge in [-0.05, 0) is 61.2 Å². The molecule has 1 aliphatic rings. The molecule has 0 aromatic heterocycles. The van der Waals surface area contributed by atoms with Crippen molar-refractivity contribution in [3.8, 4) is 0 Å². The standard InChI is InChI=1S/C21H21F3N2S/c1-4-25-18-10-13(2)16(9-14(18)3)11-20-26-19(12-27-20)15-5-7-17(8-6-15)21(22,23)24/h4-10,19H,11-12H2,1-3H3. The van der Waals surface area contributed by atoms with Gasteiger partial charge in [0.2, 0.25) is 0 Å². The van der Waals surface area contributed by atoms with Gasteiger partial charge in [0.15, 0.2) is 0 Å². The third kappa shape index (κ3) is 4.61. The Morgan fingerprint density at radius 2 is 1.85 bits per heavy atom. The summed E-state index contributed by atoms with van der Waals surface area (Å²) in [4.78, 5) is 9.12. The van der Waals surface area contributed by atoms with Gasteiger partial charge in [0.05, 0.1) is 22.3 Å². The molecule has 1 unspecified atom stereocenters. The van der Waals surface area contributed by atoms with Crippen LogP contribution in [0.3, 0.4) is 0 Å². The van der Waals surface area contributed by atoms with Gasteiger partial charge >= 0.3 is 6.18 Å². The molecule has 1 heterocycles. The molecule has 0 bridgehead atoms. The Hall–Kier alpha value is -2.08. The van der Waals surface area contributed by atoms with Crippen molar-refractivity contribution < 1.29 is 13.2 Å². The van der Waals surface area contributed by atoms with E-state index in [1.807, 2.05) is 13.8 Å². The van der Waals surface area contributed by atoms with Gasteiger partial charge in [-0.1, -0.05) is 18.2 Å². The highest BCUT2D eigenvalue weighted by atomic mass is 32.2. The number of aliphatic imine (C=N–C) groups is 2. The minimum atomic E-state index is -4.30. The Morgan fingerprint density at radius 3 is 2.48 bits per heavy atom. The second-order valence-corrected chi connectivity index (χ2v) is 7.69. The summed E-state index contributed by atoms with van der Waals surface area (Å²) in [6.45, 7) is 6.00. The lowest BCUT2D eigenvalue weighted by Gasteiger charge is -2.10. The second-order valence-electron chi connectivity index (χ2n) is 6.60. The van der Waals surface area contributed by atoms with Gasteiger partial charge in [0.25, 0.3) is 0 Å². The van der Waals surface area contributed by atoms with Crippen molar-refractivity contribution >= 4 is 28.7 Å². The number of benzene rings is 2. The number of thioether (sulfide) groups is 1. The van der Waals surface area contributed by atoms with Crippen LogP contribution in [0.1, 0.15) is 40.8 Å². The van der Waals surface area contributed by atoms with E-state index in [4.69, 9.17) is 4.99 Å². The summed E-state index contributed by atoms with van der Waals surface area (Å²) >= 11 is 1.68. The molecule has 1 aliphatic heterocycles. The van der Waals surface area contributed by atoms with Crippen LogP contribution in [-0.4, -0.2) is 17.0 Å². The normalized spacial score (nSPS) is 17.6. The Labute approximate surface area is 161 Å². The highest BCUT2D eigenvalue weighted by Gasteiger charge is 2.30. The van der Waals surface area contributed by atoms with Crippen molar-refractivity contribution in [2.24, 2.45) is 9.98 Å². The van der Waals surface area contributed by atoms with Crippen molar-refractivity contribution in [2.75, 3.05) is 5.75 Å². The van der Waals surface area contributed by atoms with Gasteiger partial charge in [-0.3, -0.25) is 9.98 Å². The Kier molecular flexibility index (Phi) is 5.75. The van der Waals surface area contributed by atoms with E-state index in [0.29, 0.717) is 0 Å². The number of hydrogen-bond donors (Lipinski definition) is 0. The minimum absolute atomic E-state index is 0.0855. The van der Waals surface area contributed by atoms with E-state index in [1.165, 1.54) is 23.3 Å². The van der Waals surface area contributed by atoms with Crippen LogP contribution in [0.25, 0.3) is 0 Å².